The molecule has 0 unspecified atom stereocenters. The van der Waals surface area contributed by atoms with Gasteiger partial charge in [-0.1, -0.05) is 23.7 Å². The Morgan fingerprint density at radius 1 is 1.17 bits per heavy atom. The molecule has 1 saturated carbocycles. The average molecular weight is 340 g/mol. The van der Waals surface area contributed by atoms with Crippen LogP contribution >= 0.6 is 11.6 Å². The molecule has 23 heavy (non-hydrogen) atoms. The van der Waals surface area contributed by atoms with Crippen LogP contribution in [-0.4, -0.2) is 21.0 Å². The first kappa shape index (κ1) is 15.0. The summed E-state index contributed by atoms with van der Waals surface area (Å²) in [7, 11) is 0. The lowest BCUT2D eigenvalue weighted by atomic mass is 9.67. The summed E-state index contributed by atoms with van der Waals surface area (Å²) in [6.07, 6.45) is 3.62. The molecule has 0 amide bonds. The quantitative estimate of drug-likeness (QED) is 0.763. The minimum atomic E-state index is -2.64. The predicted molar refractivity (Wildman–Crippen MR) is 80.7 cm³/mol. The van der Waals surface area contributed by atoms with Crippen LogP contribution in [0.2, 0.25) is 5.15 Å². The Bertz CT molecular complexity index is 767. The fourth-order valence-electron chi connectivity index (χ4n) is 3.58. The molecule has 0 radical (unpaired) electrons. The number of rotatable bonds is 2. The van der Waals surface area contributed by atoms with Crippen molar-refractivity contribution in [3.8, 4) is 11.5 Å². The Balaban J connectivity index is 1.67. The highest BCUT2D eigenvalue weighted by atomic mass is 35.5. The van der Waals surface area contributed by atoms with Crippen LogP contribution in [0.15, 0.2) is 10.6 Å². The molecule has 2 aliphatic rings. The molecule has 0 atom stereocenters. The van der Waals surface area contributed by atoms with Gasteiger partial charge >= 0.3 is 0 Å². The van der Waals surface area contributed by atoms with Crippen LogP contribution in [0.3, 0.4) is 0 Å². The van der Waals surface area contributed by atoms with Crippen molar-refractivity contribution in [3.63, 3.8) is 0 Å². The van der Waals surface area contributed by atoms with Crippen LogP contribution in [0.4, 0.5) is 8.78 Å². The maximum Gasteiger partial charge on any atom is 0.261 e. The number of aryl methyl sites for hydroxylation is 2. The summed E-state index contributed by atoms with van der Waals surface area (Å²) in [4.78, 5) is 8.75. The molecule has 0 N–H and O–H groups in total. The van der Waals surface area contributed by atoms with E-state index in [1.54, 1.807) is 6.92 Å². The number of nitrogens with zero attached hydrogens (tertiary/aromatic N) is 3. The highest BCUT2D eigenvalue weighted by Gasteiger charge is 2.56. The Kier molecular flexibility index (Phi) is 3.24. The number of aromatic nitrogens is 3. The Hall–Kier alpha value is -1.56. The van der Waals surface area contributed by atoms with Crippen molar-refractivity contribution in [1.82, 2.24) is 15.1 Å². The van der Waals surface area contributed by atoms with Gasteiger partial charge in [0.05, 0.1) is 5.56 Å². The molecule has 4 nitrogen and oxygen atoms in total. The summed E-state index contributed by atoms with van der Waals surface area (Å²) in [6.45, 7) is 1.73. The van der Waals surface area contributed by atoms with E-state index in [1.165, 1.54) is 0 Å². The molecule has 0 spiro atoms. The summed E-state index contributed by atoms with van der Waals surface area (Å²) in [5.41, 5.74) is 2.02. The van der Waals surface area contributed by atoms with Gasteiger partial charge in [-0.15, -0.1) is 0 Å². The van der Waals surface area contributed by atoms with E-state index in [4.69, 9.17) is 16.1 Å². The molecular weight excluding hydrogens is 324 g/mol. The van der Waals surface area contributed by atoms with Gasteiger partial charge in [0.1, 0.15) is 5.15 Å². The van der Waals surface area contributed by atoms with E-state index < -0.39 is 11.3 Å². The molecule has 2 aliphatic carbocycles. The second kappa shape index (κ2) is 4.97. The predicted octanol–water partition coefficient (Wildman–Crippen LogP) is 4.35. The largest absolute Gasteiger partial charge is 0.334 e. The lowest BCUT2D eigenvalue weighted by Gasteiger charge is -2.42. The lowest BCUT2D eigenvalue weighted by Crippen LogP contribution is -2.47. The summed E-state index contributed by atoms with van der Waals surface area (Å²) in [6, 6.07) is 1.94. The summed E-state index contributed by atoms with van der Waals surface area (Å²) >= 11 is 6.25. The van der Waals surface area contributed by atoms with Gasteiger partial charge in [0.25, 0.3) is 5.89 Å². The monoisotopic (exact) mass is 339 g/mol. The maximum absolute atomic E-state index is 13.2. The second-order valence-electron chi connectivity index (χ2n) is 6.83. The minimum Gasteiger partial charge on any atom is -0.334 e. The van der Waals surface area contributed by atoms with Crippen molar-refractivity contribution < 1.29 is 13.3 Å². The van der Waals surface area contributed by atoms with Crippen LogP contribution < -0.4 is 0 Å². The van der Waals surface area contributed by atoms with Gasteiger partial charge < -0.3 is 4.52 Å². The van der Waals surface area contributed by atoms with Gasteiger partial charge in [-0.25, -0.2) is 13.8 Å². The molecule has 1 fully saturated rings. The van der Waals surface area contributed by atoms with Gasteiger partial charge in [0.2, 0.25) is 5.92 Å². The number of fused-ring (bicyclic) bond motifs is 1. The van der Waals surface area contributed by atoms with Gasteiger partial charge in [-0.3, -0.25) is 0 Å². The smallest absolute Gasteiger partial charge is 0.261 e. The average Bonchev–Trinajstić information content (AvgIpc) is 2.94. The molecule has 4 rings (SSSR count). The number of hydrogen-bond donors (Lipinski definition) is 0. The topological polar surface area (TPSA) is 51.8 Å². The highest BCUT2D eigenvalue weighted by molar-refractivity contribution is 6.31. The molecule has 0 saturated heterocycles. The minimum absolute atomic E-state index is 0.252. The zero-order chi connectivity index (χ0) is 16.2. The first-order valence-electron chi connectivity index (χ1n) is 7.77. The van der Waals surface area contributed by atoms with Crippen molar-refractivity contribution in [2.75, 3.05) is 0 Å². The molecule has 122 valence electrons. The third-order valence-corrected chi connectivity index (χ3v) is 5.04. The van der Waals surface area contributed by atoms with Crippen molar-refractivity contribution in [2.45, 2.75) is 56.8 Å². The van der Waals surface area contributed by atoms with Gasteiger partial charge in [0.15, 0.2) is 5.82 Å². The van der Waals surface area contributed by atoms with Gasteiger partial charge in [-0.2, -0.15) is 4.98 Å². The summed E-state index contributed by atoms with van der Waals surface area (Å²) in [5, 5.41) is 4.22. The molecule has 2 aromatic heterocycles. The molecular formula is C16H16ClF2N3O. The van der Waals surface area contributed by atoms with Crippen molar-refractivity contribution in [3.05, 3.63) is 28.3 Å². The lowest BCUT2D eigenvalue weighted by molar-refractivity contribution is -0.123. The molecule has 0 aliphatic heterocycles. The van der Waals surface area contributed by atoms with Gasteiger partial charge in [0, 0.05) is 24.0 Å². The molecule has 0 aromatic carbocycles. The standard InChI is InChI=1S/C16H16ClF2N3O/c1-15(7-16(18,19)8-15)14-21-13(23-22-14)10-6-9-4-2-3-5-11(9)20-12(10)17/h6H,2-5,7-8H2,1H3. The van der Waals surface area contributed by atoms with E-state index in [2.05, 4.69) is 15.1 Å². The fraction of sp³-hybridized carbons (Fsp3) is 0.562. The fourth-order valence-corrected chi connectivity index (χ4v) is 3.82. The van der Waals surface area contributed by atoms with Crippen molar-refractivity contribution >= 4 is 11.6 Å². The van der Waals surface area contributed by atoms with Crippen LogP contribution in [0.5, 0.6) is 0 Å². The Labute approximate surface area is 137 Å². The first-order valence-corrected chi connectivity index (χ1v) is 8.15. The summed E-state index contributed by atoms with van der Waals surface area (Å²) in [5.74, 6) is -2.07. The first-order chi connectivity index (χ1) is 10.9. The van der Waals surface area contributed by atoms with Crippen LogP contribution in [0.1, 0.15) is 49.7 Å². The zero-order valence-corrected chi connectivity index (χ0v) is 13.5. The van der Waals surface area contributed by atoms with Crippen LogP contribution in [0, 0.1) is 0 Å². The molecule has 0 bridgehead atoms. The number of hydrogen-bond acceptors (Lipinski definition) is 4. The van der Waals surface area contributed by atoms with Gasteiger partial charge in [-0.05, 0) is 37.3 Å². The number of pyridine rings is 1. The normalized spacial score (nSPS) is 21.6. The number of halogens is 3. The van der Waals surface area contributed by atoms with E-state index in [-0.39, 0.29) is 18.7 Å². The van der Waals surface area contributed by atoms with E-state index in [9.17, 15) is 8.78 Å². The summed E-state index contributed by atoms with van der Waals surface area (Å²) < 4.78 is 31.7. The Morgan fingerprint density at radius 2 is 1.91 bits per heavy atom. The molecule has 2 heterocycles. The van der Waals surface area contributed by atoms with Crippen molar-refractivity contribution in [2.24, 2.45) is 0 Å². The van der Waals surface area contributed by atoms with E-state index >= 15 is 0 Å². The second-order valence-corrected chi connectivity index (χ2v) is 7.19. The zero-order valence-electron chi connectivity index (χ0n) is 12.7. The third-order valence-electron chi connectivity index (χ3n) is 4.75. The maximum atomic E-state index is 13.2. The van der Waals surface area contributed by atoms with E-state index in [1.807, 2.05) is 6.07 Å². The third kappa shape index (κ3) is 2.53. The van der Waals surface area contributed by atoms with Crippen molar-refractivity contribution in [1.29, 1.82) is 0 Å². The molecule has 7 heteroatoms. The highest BCUT2D eigenvalue weighted by Crippen LogP contribution is 2.52. The Morgan fingerprint density at radius 3 is 2.65 bits per heavy atom. The molecule has 2 aromatic rings. The number of alkyl halides is 2. The van der Waals surface area contributed by atoms with Crippen LogP contribution in [-0.2, 0) is 18.3 Å². The van der Waals surface area contributed by atoms with Crippen LogP contribution in [0.25, 0.3) is 11.5 Å². The van der Waals surface area contributed by atoms with E-state index in [0.29, 0.717) is 16.5 Å². The van der Waals surface area contributed by atoms with E-state index in [0.717, 1.165) is 36.9 Å². The SMILES string of the molecule is CC1(c2noc(-c3cc4c(nc3Cl)CCCC4)n2)CC(F)(F)C1.